The fourth-order valence-electron chi connectivity index (χ4n) is 1.96. The van der Waals surface area contributed by atoms with Crippen LogP contribution in [0.15, 0.2) is 24.3 Å². The molecular formula is C13H13NO2. The summed E-state index contributed by atoms with van der Waals surface area (Å²) in [5.41, 5.74) is 0.570. The minimum absolute atomic E-state index is 0.0654. The lowest BCUT2D eigenvalue weighted by molar-refractivity contribution is -0.138. The molecule has 1 fully saturated rings. The Kier molecular flexibility index (Phi) is 3.21. The Hall–Kier alpha value is -1.82. The van der Waals surface area contributed by atoms with Crippen molar-refractivity contribution in [2.45, 2.75) is 25.7 Å². The first kappa shape index (κ1) is 10.7. The fraction of sp³-hybridized carbons (Fsp3) is 0.385. The zero-order chi connectivity index (χ0) is 11.4. The van der Waals surface area contributed by atoms with Crippen LogP contribution >= 0.6 is 0 Å². The molecule has 82 valence electrons. The van der Waals surface area contributed by atoms with Crippen LogP contribution in [0.5, 0.6) is 5.75 Å². The normalized spacial score (nSPS) is 15.7. The highest BCUT2D eigenvalue weighted by Gasteiger charge is 2.24. The number of rotatable bonds is 2. The van der Waals surface area contributed by atoms with Gasteiger partial charge in [-0.1, -0.05) is 12.8 Å². The second-order valence-electron chi connectivity index (χ2n) is 4.04. The van der Waals surface area contributed by atoms with Crippen LogP contribution in [-0.2, 0) is 4.79 Å². The smallest absolute Gasteiger partial charge is 0.314 e. The largest absolute Gasteiger partial charge is 0.426 e. The Morgan fingerprint density at radius 2 is 1.88 bits per heavy atom. The Labute approximate surface area is 94.6 Å². The summed E-state index contributed by atoms with van der Waals surface area (Å²) in [6.45, 7) is 0. The maximum atomic E-state index is 11.7. The Morgan fingerprint density at radius 3 is 2.44 bits per heavy atom. The number of nitriles is 1. The summed E-state index contributed by atoms with van der Waals surface area (Å²) in [7, 11) is 0. The maximum Gasteiger partial charge on any atom is 0.314 e. The molecule has 0 unspecified atom stereocenters. The number of hydrogen-bond acceptors (Lipinski definition) is 3. The predicted molar refractivity (Wildman–Crippen MR) is 58.8 cm³/mol. The van der Waals surface area contributed by atoms with Crippen LogP contribution in [0.3, 0.4) is 0 Å². The quantitative estimate of drug-likeness (QED) is 0.563. The van der Waals surface area contributed by atoms with E-state index in [1.54, 1.807) is 24.3 Å². The summed E-state index contributed by atoms with van der Waals surface area (Å²) in [4.78, 5) is 11.7. The van der Waals surface area contributed by atoms with E-state index in [0.29, 0.717) is 11.3 Å². The SMILES string of the molecule is N#Cc1ccc(OC(=O)C2CCCC2)cc1. The topological polar surface area (TPSA) is 50.1 Å². The van der Waals surface area contributed by atoms with Crippen LogP contribution in [0.25, 0.3) is 0 Å². The van der Waals surface area contributed by atoms with E-state index >= 15 is 0 Å². The summed E-state index contributed by atoms with van der Waals surface area (Å²) in [6, 6.07) is 8.64. The molecule has 0 saturated heterocycles. The highest BCUT2D eigenvalue weighted by molar-refractivity contribution is 5.75. The van der Waals surface area contributed by atoms with Crippen molar-refractivity contribution in [1.82, 2.24) is 0 Å². The first-order valence-electron chi connectivity index (χ1n) is 5.51. The zero-order valence-corrected chi connectivity index (χ0v) is 8.98. The minimum atomic E-state index is -0.137. The van der Waals surface area contributed by atoms with Crippen LogP contribution in [0.2, 0.25) is 0 Å². The molecule has 1 aliphatic rings. The Balaban J connectivity index is 1.98. The molecule has 3 nitrogen and oxygen atoms in total. The number of nitrogens with zero attached hydrogens (tertiary/aromatic N) is 1. The Bertz CT molecular complexity index is 411. The van der Waals surface area contributed by atoms with Gasteiger partial charge in [-0.15, -0.1) is 0 Å². The molecule has 16 heavy (non-hydrogen) atoms. The molecule has 2 rings (SSSR count). The molecule has 0 radical (unpaired) electrons. The molecule has 0 bridgehead atoms. The van der Waals surface area contributed by atoms with Crippen molar-refractivity contribution < 1.29 is 9.53 Å². The molecule has 0 N–H and O–H groups in total. The van der Waals surface area contributed by atoms with Crippen molar-refractivity contribution in [1.29, 1.82) is 5.26 Å². The first-order chi connectivity index (χ1) is 7.79. The molecule has 1 saturated carbocycles. The van der Waals surface area contributed by atoms with Gasteiger partial charge in [0.25, 0.3) is 0 Å². The van der Waals surface area contributed by atoms with Crippen molar-refractivity contribution in [3.63, 3.8) is 0 Å². The van der Waals surface area contributed by atoms with Gasteiger partial charge in [0.15, 0.2) is 0 Å². The summed E-state index contributed by atoms with van der Waals surface area (Å²) >= 11 is 0. The monoisotopic (exact) mass is 215 g/mol. The molecule has 1 aromatic rings. The number of benzene rings is 1. The van der Waals surface area contributed by atoms with Crippen LogP contribution in [0.4, 0.5) is 0 Å². The van der Waals surface area contributed by atoms with Gasteiger partial charge in [-0.3, -0.25) is 4.79 Å². The molecule has 1 aromatic carbocycles. The summed E-state index contributed by atoms with van der Waals surface area (Å²) in [5, 5.41) is 8.63. The number of carbonyl (C=O) groups is 1. The Morgan fingerprint density at radius 1 is 1.25 bits per heavy atom. The lowest BCUT2D eigenvalue weighted by Gasteiger charge is -2.08. The highest BCUT2D eigenvalue weighted by atomic mass is 16.5. The van der Waals surface area contributed by atoms with E-state index in [9.17, 15) is 4.79 Å². The standard InChI is InChI=1S/C13H13NO2/c14-9-10-5-7-12(8-6-10)16-13(15)11-3-1-2-4-11/h5-8,11H,1-4H2. The maximum absolute atomic E-state index is 11.7. The number of ether oxygens (including phenoxy) is 1. The third kappa shape index (κ3) is 2.40. The van der Waals surface area contributed by atoms with Crippen LogP contribution < -0.4 is 4.74 Å². The van der Waals surface area contributed by atoms with Gasteiger partial charge in [-0.25, -0.2) is 0 Å². The average molecular weight is 215 g/mol. The van der Waals surface area contributed by atoms with Gasteiger partial charge in [0.2, 0.25) is 0 Å². The van der Waals surface area contributed by atoms with E-state index < -0.39 is 0 Å². The average Bonchev–Trinajstić information content (AvgIpc) is 2.83. The van der Waals surface area contributed by atoms with Gasteiger partial charge in [0.1, 0.15) is 5.75 Å². The van der Waals surface area contributed by atoms with Crippen molar-refractivity contribution in [3.8, 4) is 11.8 Å². The molecular weight excluding hydrogens is 202 g/mol. The third-order valence-corrected chi connectivity index (χ3v) is 2.89. The van der Waals surface area contributed by atoms with Gasteiger partial charge < -0.3 is 4.74 Å². The van der Waals surface area contributed by atoms with Gasteiger partial charge in [0, 0.05) is 0 Å². The molecule has 1 aliphatic carbocycles. The zero-order valence-electron chi connectivity index (χ0n) is 8.98. The molecule has 0 amide bonds. The van der Waals surface area contributed by atoms with E-state index in [4.69, 9.17) is 10.00 Å². The molecule has 0 heterocycles. The number of hydrogen-bond donors (Lipinski definition) is 0. The highest BCUT2D eigenvalue weighted by Crippen LogP contribution is 2.26. The lowest BCUT2D eigenvalue weighted by Crippen LogP contribution is -2.17. The van der Waals surface area contributed by atoms with Crippen molar-refractivity contribution >= 4 is 5.97 Å². The second kappa shape index (κ2) is 4.80. The van der Waals surface area contributed by atoms with Crippen molar-refractivity contribution in [2.75, 3.05) is 0 Å². The fourth-order valence-corrected chi connectivity index (χ4v) is 1.96. The summed E-state index contributed by atoms with van der Waals surface area (Å²) < 4.78 is 5.25. The van der Waals surface area contributed by atoms with Gasteiger partial charge in [-0.2, -0.15) is 5.26 Å². The van der Waals surface area contributed by atoms with Gasteiger partial charge in [-0.05, 0) is 37.1 Å². The van der Waals surface area contributed by atoms with Gasteiger partial charge in [0.05, 0.1) is 17.6 Å². The van der Waals surface area contributed by atoms with E-state index in [2.05, 4.69) is 0 Å². The van der Waals surface area contributed by atoms with Crippen molar-refractivity contribution in [3.05, 3.63) is 29.8 Å². The van der Waals surface area contributed by atoms with E-state index in [0.717, 1.165) is 25.7 Å². The molecule has 0 aromatic heterocycles. The lowest BCUT2D eigenvalue weighted by atomic mass is 10.1. The van der Waals surface area contributed by atoms with Gasteiger partial charge >= 0.3 is 5.97 Å². The minimum Gasteiger partial charge on any atom is -0.426 e. The predicted octanol–water partition coefficient (Wildman–Crippen LogP) is 2.65. The molecule has 0 aliphatic heterocycles. The number of carbonyl (C=O) groups excluding carboxylic acids is 1. The van der Waals surface area contributed by atoms with Crippen LogP contribution in [0.1, 0.15) is 31.2 Å². The number of esters is 1. The van der Waals surface area contributed by atoms with Crippen LogP contribution in [-0.4, -0.2) is 5.97 Å². The molecule has 0 spiro atoms. The molecule has 0 atom stereocenters. The second-order valence-corrected chi connectivity index (χ2v) is 4.04. The first-order valence-corrected chi connectivity index (χ1v) is 5.51. The van der Waals surface area contributed by atoms with E-state index in [-0.39, 0.29) is 11.9 Å². The summed E-state index contributed by atoms with van der Waals surface area (Å²) in [5.74, 6) is 0.453. The third-order valence-electron chi connectivity index (χ3n) is 2.89. The van der Waals surface area contributed by atoms with E-state index in [1.165, 1.54) is 0 Å². The summed E-state index contributed by atoms with van der Waals surface area (Å²) in [6.07, 6.45) is 4.12. The van der Waals surface area contributed by atoms with E-state index in [1.807, 2.05) is 6.07 Å². The molecule has 3 heteroatoms. The van der Waals surface area contributed by atoms with Crippen LogP contribution in [0, 0.1) is 17.2 Å². The van der Waals surface area contributed by atoms with Crippen molar-refractivity contribution in [2.24, 2.45) is 5.92 Å².